The highest BCUT2D eigenvalue weighted by Crippen LogP contribution is 2.32. The highest BCUT2D eigenvalue weighted by Gasteiger charge is 2.33. The summed E-state index contributed by atoms with van der Waals surface area (Å²) in [4.78, 5) is 21.3. The number of nitrogens with zero attached hydrogens (tertiary/aromatic N) is 3. The minimum Gasteiger partial charge on any atom is -0.372 e. The molecule has 0 radical (unpaired) electrons. The molecule has 1 fully saturated rings. The molecule has 6 nitrogen and oxygen atoms in total. The summed E-state index contributed by atoms with van der Waals surface area (Å²) in [5, 5.41) is 3.28. The number of allylic oxidation sites excluding steroid dienone is 4. The number of imidazole rings is 1. The Labute approximate surface area is 150 Å². The molecule has 4 rings (SSSR count). The van der Waals surface area contributed by atoms with Crippen LogP contribution in [0.25, 0.3) is 16.9 Å². The molecule has 0 bridgehead atoms. The fourth-order valence-electron chi connectivity index (χ4n) is 3.20. The molecule has 2 aromatic heterocycles. The second kappa shape index (κ2) is 5.97. The largest absolute Gasteiger partial charge is 0.372 e. The van der Waals surface area contributed by atoms with Gasteiger partial charge in [0, 0.05) is 0 Å². The predicted molar refractivity (Wildman–Crippen MR) is 97.4 cm³/mol. The van der Waals surface area contributed by atoms with Gasteiger partial charge in [-0.25, -0.2) is 9.97 Å². The van der Waals surface area contributed by atoms with Gasteiger partial charge >= 0.3 is 0 Å². The van der Waals surface area contributed by atoms with E-state index in [1.54, 1.807) is 16.7 Å². The Balaban J connectivity index is 1.58. The number of anilines is 1. The number of fused-ring (bicyclic) bond motifs is 1. The van der Waals surface area contributed by atoms with E-state index in [0.717, 1.165) is 18.5 Å². The zero-order valence-electron chi connectivity index (χ0n) is 14.1. The summed E-state index contributed by atoms with van der Waals surface area (Å²) in [6.45, 7) is 4.10. The summed E-state index contributed by atoms with van der Waals surface area (Å²) < 4.78 is 7.71. The minimum absolute atomic E-state index is 0.0526. The second-order valence-corrected chi connectivity index (χ2v) is 7.38. The number of hydrogen-bond donors (Lipinski definition) is 1. The summed E-state index contributed by atoms with van der Waals surface area (Å²) in [6, 6.07) is 3.48. The molecule has 1 atom stereocenters. The third kappa shape index (κ3) is 3.19. The average molecular weight is 359 g/mol. The van der Waals surface area contributed by atoms with E-state index in [-0.39, 0.29) is 17.6 Å². The Bertz CT molecular complexity index is 913. The van der Waals surface area contributed by atoms with Crippen molar-refractivity contribution in [3.63, 3.8) is 0 Å². The first-order valence-corrected chi connectivity index (χ1v) is 8.70. The SMILES string of the molecule is CC1(C)CCC(CC(=O)Nc2nc3ccc(Cl)nc3n2C2=CC=C2)O1. The normalized spacial score (nSPS) is 21.2. The van der Waals surface area contributed by atoms with Crippen LogP contribution in [-0.2, 0) is 9.53 Å². The number of halogens is 1. The first kappa shape index (κ1) is 16.3. The predicted octanol–water partition coefficient (Wildman–Crippen LogP) is 3.78. The number of pyridine rings is 1. The lowest BCUT2D eigenvalue weighted by Gasteiger charge is -2.19. The lowest BCUT2D eigenvalue weighted by molar-refractivity contribution is -0.119. The molecule has 1 saturated heterocycles. The van der Waals surface area contributed by atoms with Gasteiger partial charge in [-0.1, -0.05) is 17.7 Å². The Morgan fingerprint density at radius 1 is 1.44 bits per heavy atom. The van der Waals surface area contributed by atoms with Crippen molar-refractivity contribution >= 4 is 40.3 Å². The molecule has 1 amide bonds. The summed E-state index contributed by atoms with van der Waals surface area (Å²) in [5.41, 5.74) is 2.06. The van der Waals surface area contributed by atoms with Crippen molar-refractivity contribution in [1.82, 2.24) is 14.5 Å². The van der Waals surface area contributed by atoms with Crippen LogP contribution in [0.15, 0.2) is 30.4 Å². The molecule has 25 heavy (non-hydrogen) atoms. The van der Waals surface area contributed by atoms with Gasteiger partial charge in [-0.2, -0.15) is 0 Å². The zero-order chi connectivity index (χ0) is 17.6. The smallest absolute Gasteiger partial charge is 0.229 e. The molecule has 1 aliphatic heterocycles. The van der Waals surface area contributed by atoms with Crippen molar-refractivity contribution in [3.05, 3.63) is 35.5 Å². The van der Waals surface area contributed by atoms with Gasteiger partial charge in [-0.15, -0.1) is 0 Å². The van der Waals surface area contributed by atoms with Crippen molar-refractivity contribution in [1.29, 1.82) is 0 Å². The van der Waals surface area contributed by atoms with Gasteiger partial charge in [0.15, 0.2) is 5.65 Å². The fourth-order valence-corrected chi connectivity index (χ4v) is 3.34. The maximum absolute atomic E-state index is 12.5. The Hall–Kier alpha value is -2.18. The standard InChI is InChI=1S/C18H19ClN4O2/c1-18(2)9-8-12(25-18)10-15(24)22-17-20-13-6-7-14(19)21-16(13)23(17)11-4-3-5-11/h3-7,12H,8-10H2,1-2H3,(H,20,22,24). The number of hydrogen-bond acceptors (Lipinski definition) is 4. The molecule has 1 unspecified atom stereocenters. The molecule has 0 aromatic carbocycles. The Morgan fingerprint density at radius 2 is 2.24 bits per heavy atom. The van der Waals surface area contributed by atoms with E-state index in [1.165, 1.54) is 0 Å². The molecule has 1 N–H and O–H groups in total. The number of rotatable bonds is 4. The van der Waals surface area contributed by atoms with Gasteiger partial charge in [0.2, 0.25) is 11.9 Å². The highest BCUT2D eigenvalue weighted by molar-refractivity contribution is 6.29. The number of aromatic nitrogens is 3. The molecule has 3 heterocycles. The van der Waals surface area contributed by atoms with E-state index in [0.29, 0.717) is 28.7 Å². The molecule has 7 heteroatoms. The lowest BCUT2D eigenvalue weighted by atomic mass is 10.0. The summed E-state index contributed by atoms with van der Waals surface area (Å²) in [7, 11) is 0. The van der Waals surface area contributed by atoms with Crippen molar-refractivity contribution in [2.45, 2.75) is 44.8 Å². The summed E-state index contributed by atoms with van der Waals surface area (Å²) in [5.74, 6) is 0.330. The zero-order valence-corrected chi connectivity index (χ0v) is 14.9. The van der Waals surface area contributed by atoms with Gasteiger partial charge in [0.25, 0.3) is 0 Å². The molecule has 0 saturated carbocycles. The second-order valence-electron chi connectivity index (χ2n) is 6.99. The van der Waals surface area contributed by atoms with Crippen molar-refractivity contribution in [2.24, 2.45) is 0 Å². The van der Waals surface area contributed by atoms with Gasteiger partial charge in [0.05, 0.1) is 23.8 Å². The molecule has 0 spiro atoms. The molecule has 2 aromatic rings. The average Bonchev–Trinajstić information content (AvgIpc) is 2.98. The molecular formula is C18H19ClN4O2. The Kier molecular flexibility index (Phi) is 3.89. The van der Waals surface area contributed by atoms with Crippen LogP contribution < -0.4 is 5.32 Å². The highest BCUT2D eigenvalue weighted by atomic mass is 35.5. The van der Waals surface area contributed by atoms with Gasteiger partial charge in [0.1, 0.15) is 10.7 Å². The quantitative estimate of drug-likeness (QED) is 0.844. The molecule has 1 aliphatic carbocycles. The number of carbonyl (C=O) groups is 1. The van der Waals surface area contributed by atoms with Crippen LogP contribution in [0.3, 0.4) is 0 Å². The minimum atomic E-state index is -0.152. The van der Waals surface area contributed by atoms with E-state index < -0.39 is 0 Å². The van der Waals surface area contributed by atoms with E-state index in [4.69, 9.17) is 16.3 Å². The topological polar surface area (TPSA) is 69.0 Å². The Morgan fingerprint density at radius 3 is 2.88 bits per heavy atom. The summed E-state index contributed by atoms with van der Waals surface area (Å²) in [6.07, 6.45) is 7.90. The molecule has 2 aliphatic rings. The molecular weight excluding hydrogens is 340 g/mol. The summed E-state index contributed by atoms with van der Waals surface area (Å²) >= 11 is 6.02. The van der Waals surface area contributed by atoms with Crippen LogP contribution >= 0.6 is 11.6 Å². The number of ether oxygens (including phenoxy) is 1. The van der Waals surface area contributed by atoms with Gasteiger partial charge in [-0.05, 0) is 51.0 Å². The van der Waals surface area contributed by atoms with Crippen molar-refractivity contribution in [3.8, 4) is 0 Å². The van der Waals surface area contributed by atoms with E-state index >= 15 is 0 Å². The first-order valence-electron chi connectivity index (χ1n) is 8.33. The number of carbonyl (C=O) groups excluding carboxylic acids is 1. The van der Waals surface area contributed by atoms with Crippen LogP contribution in [0.2, 0.25) is 5.15 Å². The molecule has 130 valence electrons. The van der Waals surface area contributed by atoms with Crippen LogP contribution in [-0.4, -0.2) is 32.1 Å². The number of nitrogens with one attached hydrogen (secondary N) is 1. The maximum Gasteiger partial charge on any atom is 0.229 e. The van der Waals surface area contributed by atoms with E-state index in [2.05, 4.69) is 29.1 Å². The van der Waals surface area contributed by atoms with E-state index in [9.17, 15) is 4.79 Å². The van der Waals surface area contributed by atoms with Crippen LogP contribution in [0.4, 0.5) is 5.95 Å². The fraction of sp³-hybridized carbons (Fsp3) is 0.389. The van der Waals surface area contributed by atoms with Crippen LogP contribution in [0.1, 0.15) is 33.1 Å². The lowest BCUT2D eigenvalue weighted by Crippen LogP contribution is -2.25. The first-order chi connectivity index (χ1) is 11.9. The van der Waals surface area contributed by atoms with Crippen LogP contribution in [0.5, 0.6) is 0 Å². The third-order valence-electron chi connectivity index (χ3n) is 4.48. The van der Waals surface area contributed by atoms with Crippen molar-refractivity contribution in [2.75, 3.05) is 5.32 Å². The van der Waals surface area contributed by atoms with Gasteiger partial charge in [-0.3, -0.25) is 14.7 Å². The van der Waals surface area contributed by atoms with Crippen LogP contribution in [0, 0.1) is 0 Å². The van der Waals surface area contributed by atoms with E-state index in [1.807, 2.05) is 18.2 Å². The third-order valence-corrected chi connectivity index (χ3v) is 4.69. The monoisotopic (exact) mass is 358 g/mol. The van der Waals surface area contributed by atoms with Crippen molar-refractivity contribution < 1.29 is 9.53 Å². The van der Waals surface area contributed by atoms with Gasteiger partial charge < -0.3 is 4.74 Å². The number of amides is 1. The maximum atomic E-state index is 12.5.